The molecule has 2 rings (SSSR count). The lowest BCUT2D eigenvalue weighted by atomic mass is 9.90. The monoisotopic (exact) mass is 274 g/mol. The molecular weight excluding hydrogens is 256 g/mol. The molecular formula is C16H18O4. The van der Waals surface area contributed by atoms with Crippen LogP contribution in [0.3, 0.4) is 0 Å². The van der Waals surface area contributed by atoms with E-state index >= 15 is 0 Å². The maximum absolute atomic E-state index is 10.1. The number of aliphatic hydroxyl groups excluding tert-OH is 1. The van der Waals surface area contributed by atoms with Crippen LogP contribution in [0.2, 0.25) is 0 Å². The maximum Gasteiger partial charge on any atom is 0.127 e. The minimum absolute atomic E-state index is 0.0253. The fourth-order valence-corrected chi connectivity index (χ4v) is 2.51. The Labute approximate surface area is 117 Å². The highest BCUT2D eigenvalue weighted by atomic mass is 16.3. The van der Waals surface area contributed by atoms with Crippen molar-refractivity contribution in [3.05, 3.63) is 41.5 Å². The fourth-order valence-electron chi connectivity index (χ4n) is 2.51. The Morgan fingerprint density at radius 3 is 2.30 bits per heavy atom. The number of benzene rings is 2. The van der Waals surface area contributed by atoms with E-state index in [0.29, 0.717) is 35.1 Å². The average molecular weight is 274 g/mol. The van der Waals surface area contributed by atoms with Crippen LogP contribution >= 0.6 is 0 Å². The van der Waals surface area contributed by atoms with Gasteiger partial charge in [-0.1, -0.05) is 19.1 Å². The van der Waals surface area contributed by atoms with Gasteiger partial charge in [-0.05, 0) is 41.7 Å². The van der Waals surface area contributed by atoms with Crippen LogP contribution in [0.5, 0.6) is 17.2 Å². The molecule has 4 heteroatoms. The van der Waals surface area contributed by atoms with E-state index in [1.54, 1.807) is 24.3 Å². The van der Waals surface area contributed by atoms with Crippen LogP contribution in [-0.4, -0.2) is 27.0 Å². The summed E-state index contributed by atoms with van der Waals surface area (Å²) in [5.41, 5.74) is 2.61. The van der Waals surface area contributed by atoms with E-state index in [-0.39, 0.29) is 23.9 Å². The molecule has 0 amide bonds. The second kappa shape index (κ2) is 5.84. The first-order valence-corrected chi connectivity index (χ1v) is 6.55. The van der Waals surface area contributed by atoms with Gasteiger partial charge in [0.05, 0.1) is 0 Å². The molecule has 4 N–H and O–H groups in total. The van der Waals surface area contributed by atoms with Gasteiger partial charge in [0, 0.05) is 18.2 Å². The van der Waals surface area contributed by atoms with E-state index in [0.717, 1.165) is 0 Å². The number of aromatic hydroxyl groups is 3. The molecule has 0 aliphatic heterocycles. The number of phenolic OH excluding ortho intramolecular Hbond substituents is 3. The van der Waals surface area contributed by atoms with Crippen LogP contribution in [0, 0.1) is 0 Å². The molecule has 0 spiro atoms. The molecule has 0 aromatic heterocycles. The lowest BCUT2D eigenvalue weighted by Crippen LogP contribution is -2.01. The third kappa shape index (κ3) is 2.56. The first-order chi connectivity index (χ1) is 9.58. The number of aliphatic hydroxyl groups is 1. The van der Waals surface area contributed by atoms with E-state index in [1.165, 1.54) is 6.07 Å². The lowest BCUT2D eigenvalue weighted by Gasteiger charge is -2.17. The van der Waals surface area contributed by atoms with Crippen molar-refractivity contribution >= 4 is 0 Å². The van der Waals surface area contributed by atoms with Crippen molar-refractivity contribution in [1.29, 1.82) is 0 Å². The summed E-state index contributed by atoms with van der Waals surface area (Å²) in [6, 6.07) is 7.86. The Kier molecular flexibility index (Phi) is 4.15. The second-order valence-corrected chi connectivity index (χ2v) is 4.62. The summed E-state index contributed by atoms with van der Waals surface area (Å²) >= 11 is 0. The van der Waals surface area contributed by atoms with Gasteiger partial charge in [-0.3, -0.25) is 0 Å². The minimum atomic E-state index is -0.0816. The van der Waals surface area contributed by atoms with Gasteiger partial charge in [-0.15, -0.1) is 0 Å². The van der Waals surface area contributed by atoms with Gasteiger partial charge in [-0.2, -0.15) is 0 Å². The lowest BCUT2D eigenvalue weighted by molar-refractivity contribution is 0.299. The Hall–Kier alpha value is -2.20. The van der Waals surface area contributed by atoms with Gasteiger partial charge >= 0.3 is 0 Å². The second-order valence-electron chi connectivity index (χ2n) is 4.62. The molecule has 0 bridgehead atoms. The van der Waals surface area contributed by atoms with Gasteiger partial charge < -0.3 is 20.4 Å². The van der Waals surface area contributed by atoms with E-state index in [2.05, 4.69) is 0 Å². The van der Waals surface area contributed by atoms with Crippen molar-refractivity contribution in [2.24, 2.45) is 0 Å². The average Bonchev–Trinajstić information content (AvgIpc) is 2.39. The molecule has 2 aromatic rings. The molecule has 0 radical (unpaired) electrons. The predicted molar refractivity (Wildman–Crippen MR) is 77.0 cm³/mol. The van der Waals surface area contributed by atoms with Gasteiger partial charge in [0.2, 0.25) is 0 Å². The van der Waals surface area contributed by atoms with Crippen LogP contribution in [0.4, 0.5) is 0 Å². The molecule has 20 heavy (non-hydrogen) atoms. The van der Waals surface area contributed by atoms with Crippen LogP contribution in [-0.2, 0) is 12.8 Å². The highest BCUT2D eigenvalue weighted by molar-refractivity contribution is 5.77. The molecule has 2 aromatic carbocycles. The van der Waals surface area contributed by atoms with Gasteiger partial charge in [-0.25, -0.2) is 0 Å². The summed E-state index contributed by atoms with van der Waals surface area (Å²) in [7, 11) is 0. The third-order valence-electron chi connectivity index (χ3n) is 3.36. The van der Waals surface area contributed by atoms with Crippen molar-refractivity contribution in [3.8, 4) is 28.4 Å². The molecule has 0 heterocycles. The van der Waals surface area contributed by atoms with E-state index in [9.17, 15) is 20.4 Å². The molecule has 0 saturated carbocycles. The van der Waals surface area contributed by atoms with E-state index in [4.69, 9.17) is 0 Å². The van der Waals surface area contributed by atoms with Crippen molar-refractivity contribution in [2.45, 2.75) is 19.8 Å². The molecule has 0 aliphatic carbocycles. The van der Waals surface area contributed by atoms with Gasteiger partial charge in [0.1, 0.15) is 17.2 Å². The SMILES string of the molecule is CCc1c(O)cc(O)c(-c2cccc(O)c2)c1CCO. The van der Waals surface area contributed by atoms with Crippen molar-refractivity contribution < 1.29 is 20.4 Å². The predicted octanol–water partition coefficient (Wildman–Crippen LogP) is 2.57. The number of hydrogen-bond acceptors (Lipinski definition) is 4. The quantitative estimate of drug-likeness (QED) is 0.690. The number of rotatable bonds is 4. The Morgan fingerprint density at radius 1 is 0.950 bits per heavy atom. The fraction of sp³-hybridized carbons (Fsp3) is 0.250. The normalized spacial score (nSPS) is 10.7. The summed E-state index contributed by atoms with van der Waals surface area (Å²) < 4.78 is 0. The summed E-state index contributed by atoms with van der Waals surface area (Å²) in [5, 5.41) is 38.9. The molecule has 0 atom stereocenters. The van der Waals surface area contributed by atoms with Crippen LogP contribution in [0.15, 0.2) is 30.3 Å². The molecule has 0 unspecified atom stereocenters. The molecule has 0 fully saturated rings. The Morgan fingerprint density at radius 2 is 1.70 bits per heavy atom. The van der Waals surface area contributed by atoms with Crippen molar-refractivity contribution in [1.82, 2.24) is 0 Å². The molecule has 4 nitrogen and oxygen atoms in total. The van der Waals surface area contributed by atoms with Gasteiger partial charge in [0.15, 0.2) is 0 Å². The molecule has 0 saturated heterocycles. The first-order valence-electron chi connectivity index (χ1n) is 6.55. The maximum atomic E-state index is 10.1. The zero-order chi connectivity index (χ0) is 14.7. The summed E-state index contributed by atoms with van der Waals surface area (Å²) in [6.45, 7) is 1.82. The van der Waals surface area contributed by atoms with Crippen LogP contribution < -0.4 is 0 Å². The topological polar surface area (TPSA) is 80.9 Å². The van der Waals surface area contributed by atoms with Crippen molar-refractivity contribution in [3.63, 3.8) is 0 Å². The van der Waals surface area contributed by atoms with Gasteiger partial charge in [0.25, 0.3) is 0 Å². The highest BCUT2D eigenvalue weighted by Gasteiger charge is 2.18. The summed E-state index contributed by atoms with van der Waals surface area (Å²) in [5.74, 6) is 0.0640. The van der Waals surface area contributed by atoms with E-state index in [1.807, 2.05) is 6.92 Å². The van der Waals surface area contributed by atoms with Crippen LogP contribution in [0.1, 0.15) is 18.1 Å². The highest BCUT2D eigenvalue weighted by Crippen LogP contribution is 2.40. The Balaban J connectivity index is 2.73. The standard InChI is InChI=1S/C16H18O4/c1-2-12-13(6-7-17)16(15(20)9-14(12)19)10-4-3-5-11(18)8-10/h3-5,8-9,17-20H,2,6-7H2,1H3. The smallest absolute Gasteiger partial charge is 0.127 e. The largest absolute Gasteiger partial charge is 0.508 e. The zero-order valence-corrected chi connectivity index (χ0v) is 11.3. The van der Waals surface area contributed by atoms with E-state index < -0.39 is 0 Å². The Bertz CT molecular complexity index is 620. The first kappa shape index (κ1) is 14.2. The van der Waals surface area contributed by atoms with Crippen LogP contribution in [0.25, 0.3) is 11.1 Å². The minimum Gasteiger partial charge on any atom is -0.508 e. The molecule has 0 aliphatic rings. The summed E-state index contributed by atoms with van der Waals surface area (Å²) in [6.07, 6.45) is 0.920. The molecule has 106 valence electrons. The number of hydrogen-bond donors (Lipinski definition) is 4. The number of phenols is 3. The van der Waals surface area contributed by atoms with Crippen molar-refractivity contribution in [2.75, 3.05) is 6.61 Å². The third-order valence-corrected chi connectivity index (χ3v) is 3.36. The zero-order valence-electron chi connectivity index (χ0n) is 11.3. The summed E-state index contributed by atoms with van der Waals surface area (Å²) in [4.78, 5) is 0.